The number of thiazole rings is 1. The van der Waals surface area contributed by atoms with E-state index in [1.165, 1.54) is 11.3 Å². The Bertz CT molecular complexity index is 1190. The number of hydrogen-bond acceptors (Lipinski definition) is 6. The van der Waals surface area contributed by atoms with Gasteiger partial charge in [-0.3, -0.25) is 19.7 Å². The number of nitrogens with zero attached hydrogens (tertiary/aromatic N) is 3. The van der Waals surface area contributed by atoms with Crippen molar-refractivity contribution in [1.29, 1.82) is 0 Å². The highest BCUT2D eigenvalue weighted by molar-refractivity contribution is 7.10. The van der Waals surface area contributed by atoms with Gasteiger partial charge in [0.2, 0.25) is 0 Å². The van der Waals surface area contributed by atoms with Gasteiger partial charge in [0.25, 0.3) is 0 Å². The van der Waals surface area contributed by atoms with Crippen molar-refractivity contribution in [3.63, 3.8) is 0 Å². The number of benzene rings is 1. The smallest absolute Gasteiger partial charge is 0.303 e. The Balaban J connectivity index is 1.39. The molecule has 0 aliphatic carbocycles. The van der Waals surface area contributed by atoms with Gasteiger partial charge in [0, 0.05) is 24.5 Å². The number of likely N-dealkylation sites (tertiary alicyclic amines) is 1. The number of pyridine rings is 1. The van der Waals surface area contributed by atoms with Crippen LogP contribution in [0.1, 0.15) is 48.7 Å². The van der Waals surface area contributed by atoms with Gasteiger partial charge in [0.05, 0.1) is 35.8 Å². The number of alkyl halides is 1. The van der Waals surface area contributed by atoms with E-state index in [4.69, 9.17) is 4.74 Å². The third kappa shape index (κ3) is 6.77. The molecule has 184 valence electrons. The number of piperidine rings is 1. The van der Waals surface area contributed by atoms with E-state index in [1.54, 1.807) is 31.1 Å². The molecule has 8 heteroatoms. The molecule has 1 saturated heterocycles. The molecule has 0 spiro atoms. The van der Waals surface area contributed by atoms with Crippen LogP contribution in [-0.2, 0) is 4.79 Å². The fourth-order valence-corrected chi connectivity index (χ4v) is 5.38. The highest BCUT2D eigenvalue weighted by Gasteiger charge is 2.30. The summed E-state index contributed by atoms with van der Waals surface area (Å²) in [5, 5.41) is 10.0. The molecular weight excluding hydrogens is 465 g/mol. The number of rotatable bonds is 9. The molecule has 3 heterocycles. The molecule has 2 aromatic heterocycles. The molecular formula is C27H30FN3O3S. The second kappa shape index (κ2) is 12.1. The van der Waals surface area contributed by atoms with Gasteiger partial charge in [-0.25, -0.2) is 4.39 Å². The Morgan fingerprint density at radius 1 is 1.34 bits per heavy atom. The normalized spacial score (nSPS) is 19.1. The Morgan fingerprint density at radius 2 is 2.23 bits per heavy atom. The largest absolute Gasteiger partial charge is 0.497 e. The van der Waals surface area contributed by atoms with Gasteiger partial charge in [-0.1, -0.05) is 11.8 Å². The van der Waals surface area contributed by atoms with E-state index in [-0.39, 0.29) is 12.3 Å². The highest BCUT2D eigenvalue weighted by atomic mass is 32.1. The quantitative estimate of drug-likeness (QED) is 0.404. The summed E-state index contributed by atoms with van der Waals surface area (Å²) in [5.41, 5.74) is 3.14. The molecule has 1 aromatic carbocycles. The van der Waals surface area contributed by atoms with Crippen molar-refractivity contribution >= 4 is 28.2 Å². The van der Waals surface area contributed by atoms with E-state index in [1.807, 2.05) is 18.2 Å². The van der Waals surface area contributed by atoms with Crippen LogP contribution >= 0.6 is 11.3 Å². The fraction of sp³-hybridized carbons (Fsp3) is 0.444. The van der Waals surface area contributed by atoms with Crippen LogP contribution in [0.2, 0.25) is 0 Å². The van der Waals surface area contributed by atoms with Crippen LogP contribution in [0.25, 0.3) is 10.9 Å². The molecule has 1 fully saturated rings. The van der Waals surface area contributed by atoms with Crippen molar-refractivity contribution in [3.05, 3.63) is 52.6 Å². The molecule has 35 heavy (non-hydrogen) atoms. The van der Waals surface area contributed by atoms with E-state index >= 15 is 4.39 Å². The van der Waals surface area contributed by atoms with Gasteiger partial charge >= 0.3 is 5.97 Å². The maximum Gasteiger partial charge on any atom is 0.303 e. The van der Waals surface area contributed by atoms with Crippen molar-refractivity contribution < 1.29 is 19.0 Å². The molecule has 0 amide bonds. The number of fused-ring (bicyclic) bond motifs is 1. The van der Waals surface area contributed by atoms with Gasteiger partial charge < -0.3 is 9.84 Å². The topological polar surface area (TPSA) is 75.5 Å². The zero-order chi connectivity index (χ0) is 24.6. The molecule has 0 radical (unpaired) electrons. The van der Waals surface area contributed by atoms with Crippen molar-refractivity contribution in [2.45, 2.75) is 38.3 Å². The van der Waals surface area contributed by atoms with Crippen LogP contribution < -0.4 is 4.74 Å². The van der Waals surface area contributed by atoms with Gasteiger partial charge in [-0.15, -0.1) is 11.3 Å². The van der Waals surface area contributed by atoms with Crippen LogP contribution in [0.15, 0.2) is 42.2 Å². The lowest BCUT2D eigenvalue weighted by molar-refractivity contribution is -0.137. The van der Waals surface area contributed by atoms with Crippen molar-refractivity contribution in [2.75, 3.05) is 26.7 Å². The predicted molar refractivity (Wildman–Crippen MR) is 135 cm³/mol. The Hall–Kier alpha value is -3.02. The maximum atomic E-state index is 15.5. The molecule has 2 unspecified atom stereocenters. The van der Waals surface area contributed by atoms with Crippen molar-refractivity contribution in [1.82, 2.24) is 14.9 Å². The van der Waals surface area contributed by atoms with Crippen LogP contribution in [0, 0.1) is 23.7 Å². The lowest BCUT2D eigenvalue weighted by atomic mass is 9.79. The van der Waals surface area contributed by atoms with Gasteiger partial charge in [0.1, 0.15) is 11.9 Å². The molecule has 1 aliphatic rings. The minimum atomic E-state index is -1.11. The van der Waals surface area contributed by atoms with Gasteiger partial charge in [-0.05, 0) is 73.9 Å². The third-order valence-electron chi connectivity index (χ3n) is 6.76. The average Bonchev–Trinajstić information content (AvgIpc) is 3.39. The molecule has 0 saturated carbocycles. The summed E-state index contributed by atoms with van der Waals surface area (Å²) in [5.74, 6) is 6.75. The van der Waals surface area contributed by atoms with Gasteiger partial charge in [0.15, 0.2) is 0 Å². The zero-order valence-electron chi connectivity index (χ0n) is 19.8. The Labute approximate surface area is 209 Å². The summed E-state index contributed by atoms with van der Waals surface area (Å²) >= 11 is 1.52. The zero-order valence-corrected chi connectivity index (χ0v) is 20.6. The lowest BCUT2D eigenvalue weighted by Crippen LogP contribution is -2.41. The summed E-state index contributed by atoms with van der Waals surface area (Å²) in [7, 11) is 1.60. The van der Waals surface area contributed by atoms with Crippen LogP contribution in [-0.4, -0.2) is 52.7 Å². The third-order valence-corrected chi connectivity index (χ3v) is 7.45. The molecule has 1 aliphatic heterocycles. The van der Waals surface area contributed by atoms with Crippen LogP contribution in [0.5, 0.6) is 5.75 Å². The van der Waals surface area contributed by atoms with Gasteiger partial charge in [-0.2, -0.15) is 0 Å². The summed E-state index contributed by atoms with van der Waals surface area (Å²) in [6.45, 7) is 2.32. The SMILES string of the molecule is COc1ccc2nccc([C@@H](F)CCC3CCN(CC#Cc4cncs4)CC3CCC(=O)O)c2c1. The number of carbonyl (C=O) groups is 1. The van der Waals surface area contributed by atoms with E-state index < -0.39 is 12.1 Å². The molecule has 3 atom stereocenters. The Morgan fingerprint density at radius 3 is 3.00 bits per heavy atom. The van der Waals surface area contributed by atoms with Crippen molar-refractivity contribution in [2.24, 2.45) is 11.8 Å². The van der Waals surface area contributed by atoms with E-state index in [9.17, 15) is 9.90 Å². The van der Waals surface area contributed by atoms with E-state index in [0.717, 1.165) is 41.7 Å². The molecule has 0 bridgehead atoms. The van der Waals surface area contributed by atoms with Crippen LogP contribution in [0.3, 0.4) is 0 Å². The maximum absolute atomic E-state index is 15.5. The minimum Gasteiger partial charge on any atom is -0.497 e. The first-order valence-electron chi connectivity index (χ1n) is 11.9. The van der Waals surface area contributed by atoms with E-state index in [2.05, 4.69) is 26.7 Å². The monoisotopic (exact) mass is 495 g/mol. The number of carboxylic acids is 1. The standard InChI is InChI=1S/C27H30FN3O3S/c1-34-21-6-8-26-24(15-21)23(10-12-30-26)25(28)7-4-19-11-14-31(17-20(19)5-9-27(32)33)13-2-3-22-16-29-18-35-22/h6,8,10,12,15-16,18-20,25H,4-5,7,9,11,13-14,17H2,1H3,(H,32,33)/t19?,20?,25-/m0/s1. The molecule has 3 aromatic rings. The van der Waals surface area contributed by atoms with Crippen molar-refractivity contribution in [3.8, 4) is 17.6 Å². The number of hydrogen-bond donors (Lipinski definition) is 1. The second-order valence-electron chi connectivity index (χ2n) is 8.97. The Kier molecular flexibility index (Phi) is 8.67. The number of ether oxygens (including phenoxy) is 1. The van der Waals surface area contributed by atoms with Crippen LogP contribution in [0.4, 0.5) is 4.39 Å². The summed E-state index contributed by atoms with van der Waals surface area (Å²) in [6, 6.07) is 7.26. The first-order valence-corrected chi connectivity index (χ1v) is 12.8. The second-order valence-corrected chi connectivity index (χ2v) is 9.86. The molecule has 4 rings (SSSR count). The summed E-state index contributed by atoms with van der Waals surface area (Å²) < 4.78 is 20.8. The first kappa shape index (κ1) is 25.1. The first-order chi connectivity index (χ1) is 17.0. The summed E-state index contributed by atoms with van der Waals surface area (Å²) in [6.07, 6.45) is 5.07. The average molecular weight is 496 g/mol. The number of aliphatic carboxylic acids is 1. The lowest BCUT2D eigenvalue weighted by Gasteiger charge is -2.38. The molecule has 1 N–H and O–H groups in total. The summed E-state index contributed by atoms with van der Waals surface area (Å²) in [4.78, 5) is 22.9. The number of carboxylic acid groups (broad SMARTS) is 1. The van der Waals surface area contributed by atoms with E-state index in [0.29, 0.717) is 36.6 Å². The minimum absolute atomic E-state index is 0.134. The number of halogens is 1. The number of methoxy groups -OCH3 is 1. The molecule has 6 nitrogen and oxygen atoms in total. The number of aromatic nitrogens is 2. The fourth-order valence-electron chi connectivity index (χ4n) is 4.89. The predicted octanol–water partition coefficient (Wildman–Crippen LogP) is 5.35. The highest BCUT2D eigenvalue weighted by Crippen LogP contribution is 2.36.